The molecule has 0 aliphatic carbocycles. The van der Waals surface area contributed by atoms with Gasteiger partial charge in [-0.15, -0.1) is 0 Å². The molecule has 2 rings (SSSR count). The van der Waals surface area contributed by atoms with Crippen LogP contribution in [0.1, 0.15) is 32.3 Å². The quantitative estimate of drug-likeness (QED) is 0.869. The van der Waals surface area contributed by atoms with Crippen molar-refractivity contribution in [3.05, 3.63) is 35.9 Å². The molecule has 4 heteroatoms. The maximum absolute atomic E-state index is 9.05. The topological polar surface area (TPSA) is 47.9 Å². The second-order valence-electron chi connectivity index (χ2n) is 5.63. The fourth-order valence-electron chi connectivity index (χ4n) is 2.53. The molecule has 1 saturated heterocycles. The van der Waals surface area contributed by atoms with E-state index in [-0.39, 0.29) is 18.8 Å². The minimum absolute atomic E-state index is 0.0130. The molecule has 1 aliphatic heterocycles. The summed E-state index contributed by atoms with van der Waals surface area (Å²) in [5.74, 6) is -0.612. The van der Waals surface area contributed by atoms with Crippen LogP contribution in [0.5, 0.6) is 0 Å². The fraction of sp³-hybridized carbons (Fsp3) is 0.625. The molecule has 1 N–H and O–H groups in total. The number of benzene rings is 1. The molecule has 1 aromatic rings. The first-order chi connectivity index (χ1) is 9.59. The van der Waals surface area contributed by atoms with Crippen LogP contribution < -0.4 is 0 Å². The van der Waals surface area contributed by atoms with Crippen molar-refractivity contribution in [3.63, 3.8) is 0 Å². The lowest BCUT2D eigenvalue weighted by atomic mass is 10.1. The molecule has 1 fully saturated rings. The third-order valence-corrected chi connectivity index (χ3v) is 3.29. The van der Waals surface area contributed by atoms with Crippen LogP contribution in [0.15, 0.2) is 30.3 Å². The van der Waals surface area contributed by atoms with E-state index in [0.29, 0.717) is 19.6 Å². The number of hydrogen-bond acceptors (Lipinski definition) is 4. The molecule has 112 valence electrons. The van der Waals surface area contributed by atoms with Crippen LogP contribution in [0.3, 0.4) is 0 Å². The van der Waals surface area contributed by atoms with Gasteiger partial charge in [-0.3, -0.25) is 0 Å². The van der Waals surface area contributed by atoms with Crippen molar-refractivity contribution in [3.8, 4) is 0 Å². The lowest BCUT2D eigenvalue weighted by Crippen LogP contribution is -2.46. The molecule has 0 radical (unpaired) electrons. The molecule has 1 aromatic carbocycles. The van der Waals surface area contributed by atoms with Gasteiger partial charge in [0.05, 0.1) is 25.4 Å². The smallest absolute Gasteiger partial charge is 0.163 e. The summed E-state index contributed by atoms with van der Waals surface area (Å²) in [7, 11) is 0. The van der Waals surface area contributed by atoms with Crippen LogP contribution >= 0.6 is 0 Å². The van der Waals surface area contributed by atoms with Crippen molar-refractivity contribution < 1.29 is 19.3 Å². The Bertz CT molecular complexity index is 391. The molecule has 4 nitrogen and oxygen atoms in total. The SMILES string of the molecule is CC1(C)O[C@H](COCc2ccccc2)C[C@H](CCO)O1. The summed E-state index contributed by atoms with van der Waals surface area (Å²) in [6.45, 7) is 5.08. The number of ether oxygens (including phenoxy) is 3. The van der Waals surface area contributed by atoms with Crippen LogP contribution in [0.4, 0.5) is 0 Å². The Kier molecular flexibility index (Phi) is 5.54. The highest BCUT2D eigenvalue weighted by atomic mass is 16.7. The standard InChI is InChI=1S/C16H24O4/c1-16(2)19-14(8-9-17)10-15(20-16)12-18-11-13-6-4-3-5-7-13/h3-7,14-15,17H,8-12H2,1-2H3/t14-,15-/m0/s1. The molecule has 0 bridgehead atoms. The maximum Gasteiger partial charge on any atom is 0.163 e. The number of hydrogen-bond donors (Lipinski definition) is 1. The molecule has 20 heavy (non-hydrogen) atoms. The zero-order valence-corrected chi connectivity index (χ0v) is 12.2. The van der Waals surface area contributed by atoms with E-state index in [4.69, 9.17) is 19.3 Å². The molecular weight excluding hydrogens is 256 g/mol. The highest BCUT2D eigenvalue weighted by molar-refractivity contribution is 5.13. The van der Waals surface area contributed by atoms with Gasteiger partial charge in [0.25, 0.3) is 0 Å². The summed E-state index contributed by atoms with van der Waals surface area (Å²) in [5, 5.41) is 9.05. The van der Waals surface area contributed by atoms with Gasteiger partial charge in [0, 0.05) is 13.0 Å². The van der Waals surface area contributed by atoms with Gasteiger partial charge in [0.2, 0.25) is 0 Å². The summed E-state index contributed by atoms with van der Waals surface area (Å²) >= 11 is 0. The molecule has 0 unspecified atom stereocenters. The van der Waals surface area contributed by atoms with Crippen molar-refractivity contribution in [1.29, 1.82) is 0 Å². The van der Waals surface area contributed by atoms with Crippen molar-refractivity contribution >= 4 is 0 Å². The molecule has 0 saturated carbocycles. The van der Waals surface area contributed by atoms with Crippen LogP contribution in [0.2, 0.25) is 0 Å². The predicted molar refractivity (Wildman–Crippen MR) is 76.2 cm³/mol. The summed E-state index contributed by atoms with van der Waals surface area (Å²) in [6, 6.07) is 10.1. The number of rotatable bonds is 6. The van der Waals surface area contributed by atoms with Crippen LogP contribution in [0.25, 0.3) is 0 Å². The van der Waals surface area contributed by atoms with E-state index in [2.05, 4.69) is 0 Å². The van der Waals surface area contributed by atoms with Crippen LogP contribution in [0, 0.1) is 0 Å². The molecule has 1 aliphatic rings. The van der Waals surface area contributed by atoms with Crippen molar-refractivity contribution in [2.24, 2.45) is 0 Å². The van der Waals surface area contributed by atoms with E-state index in [1.165, 1.54) is 0 Å². The summed E-state index contributed by atoms with van der Waals surface area (Å²) in [4.78, 5) is 0. The fourth-order valence-corrected chi connectivity index (χ4v) is 2.53. The van der Waals surface area contributed by atoms with Crippen molar-refractivity contribution in [2.75, 3.05) is 13.2 Å². The molecule has 1 heterocycles. The average molecular weight is 280 g/mol. The molecule has 0 amide bonds. The number of aliphatic hydroxyl groups excluding tert-OH is 1. The lowest BCUT2D eigenvalue weighted by Gasteiger charge is -2.40. The Morgan fingerprint density at radius 2 is 1.90 bits per heavy atom. The zero-order valence-electron chi connectivity index (χ0n) is 12.2. The highest BCUT2D eigenvalue weighted by Gasteiger charge is 2.35. The summed E-state index contributed by atoms with van der Waals surface area (Å²) < 4.78 is 17.4. The van der Waals surface area contributed by atoms with E-state index in [1.54, 1.807) is 0 Å². The summed E-state index contributed by atoms with van der Waals surface area (Å²) in [5.41, 5.74) is 1.16. The monoisotopic (exact) mass is 280 g/mol. The van der Waals surface area contributed by atoms with Gasteiger partial charge >= 0.3 is 0 Å². The Hall–Kier alpha value is -0.940. The summed E-state index contributed by atoms with van der Waals surface area (Å²) in [6.07, 6.45) is 1.45. The first kappa shape index (κ1) is 15.4. The molecule has 2 atom stereocenters. The third kappa shape index (κ3) is 4.87. The zero-order chi connectivity index (χ0) is 14.4. The van der Waals surface area contributed by atoms with E-state index >= 15 is 0 Å². The Labute approximate surface area is 120 Å². The molecular formula is C16H24O4. The normalized spacial score (nSPS) is 25.6. The Morgan fingerprint density at radius 1 is 1.20 bits per heavy atom. The predicted octanol–water partition coefficient (Wildman–Crippen LogP) is 2.50. The van der Waals surface area contributed by atoms with E-state index < -0.39 is 5.79 Å². The van der Waals surface area contributed by atoms with Crippen molar-refractivity contribution in [1.82, 2.24) is 0 Å². The van der Waals surface area contributed by atoms with Crippen molar-refractivity contribution in [2.45, 2.75) is 51.3 Å². The highest BCUT2D eigenvalue weighted by Crippen LogP contribution is 2.28. The lowest BCUT2D eigenvalue weighted by molar-refractivity contribution is -0.307. The second-order valence-corrected chi connectivity index (χ2v) is 5.63. The molecule has 0 aromatic heterocycles. The van der Waals surface area contributed by atoms with Gasteiger partial charge in [0.15, 0.2) is 5.79 Å². The number of aliphatic hydroxyl groups is 1. The first-order valence-corrected chi connectivity index (χ1v) is 7.17. The third-order valence-electron chi connectivity index (χ3n) is 3.29. The molecule has 0 spiro atoms. The maximum atomic E-state index is 9.05. The van der Waals surface area contributed by atoms with Crippen LogP contribution in [-0.4, -0.2) is 36.3 Å². The minimum atomic E-state index is -0.612. The van der Waals surface area contributed by atoms with Gasteiger partial charge in [0.1, 0.15) is 0 Å². The van der Waals surface area contributed by atoms with Gasteiger partial charge in [-0.05, 0) is 25.8 Å². The van der Waals surface area contributed by atoms with E-state index in [1.807, 2.05) is 44.2 Å². The minimum Gasteiger partial charge on any atom is -0.396 e. The largest absolute Gasteiger partial charge is 0.396 e. The Morgan fingerprint density at radius 3 is 2.60 bits per heavy atom. The van der Waals surface area contributed by atoms with Crippen LogP contribution in [-0.2, 0) is 20.8 Å². The second kappa shape index (κ2) is 7.18. The van der Waals surface area contributed by atoms with Gasteiger partial charge < -0.3 is 19.3 Å². The first-order valence-electron chi connectivity index (χ1n) is 7.17. The van der Waals surface area contributed by atoms with E-state index in [9.17, 15) is 0 Å². The van der Waals surface area contributed by atoms with E-state index in [0.717, 1.165) is 12.0 Å². The van der Waals surface area contributed by atoms with Gasteiger partial charge in [-0.2, -0.15) is 0 Å². The average Bonchev–Trinajstić information content (AvgIpc) is 2.38. The Balaban J connectivity index is 1.79. The van der Waals surface area contributed by atoms with Gasteiger partial charge in [-0.25, -0.2) is 0 Å². The van der Waals surface area contributed by atoms with Gasteiger partial charge in [-0.1, -0.05) is 30.3 Å².